The molecule has 2 rings (SSSR count). The molecule has 1 heterocycles. The molecule has 1 aliphatic carbocycles. The van der Waals surface area contributed by atoms with Crippen LogP contribution in [-0.2, 0) is 6.54 Å². The molecule has 2 unspecified atom stereocenters. The highest BCUT2D eigenvalue weighted by Crippen LogP contribution is 2.25. The third kappa shape index (κ3) is 4.08. The Kier molecular flexibility index (Phi) is 5.67. The molecule has 3 heteroatoms. The minimum absolute atomic E-state index is 0.744. The average molecular weight is 266 g/mol. The Morgan fingerprint density at radius 3 is 2.94 bits per heavy atom. The van der Waals surface area contributed by atoms with Gasteiger partial charge in [-0.3, -0.25) is 0 Å². The number of hydrogen-bond donors (Lipinski definition) is 1. The molecule has 2 atom stereocenters. The van der Waals surface area contributed by atoms with Crippen LogP contribution in [0.5, 0.6) is 0 Å². The smallest absolute Gasteiger partial charge is 0.0239 e. The first kappa shape index (κ1) is 14.0. The summed E-state index contributed by atoms with van der Waals surface area (Å²) < 4.78 is 0. The van der Waals surface area contributed by atoms with Gasteiger partial charge in [-0.1, -0.05) is 19.8 Å². The van der Waals surface area contributed by atoms with Crippen LogP contribution in [-0.4, -0.2) is 31.1 Å². The van der Waals surface area contributed by atoms with Crippen molar-refractivity contribution >= 4 is 11.3 Å². The van der Waals surface area contributed by atoms with Gasteiger partial charge in [-0.05, 0) is 54.7 Å². The van der Waals surface area contributed by atoms with Gasteiger partial charge in [0.1, 0.15) is 0 Å². The molecule has 2 nitrogen and oxygen atoms in total. The SMILES string of the molecule is CCNC1CCCCC1CN(C)Cc1ccsc1. The molecule has 1 aromatic heterocycles. The van der Waals surface area contributed by atoms with E-state index in [9.17, 15) is 0 Å². The Bertz CT molecular complexity index is 321. The summed E-state index contributed by atoms with van der Waals surface area (Å²) in [5.74, 6) is 0.835. The van der Waals surface area contributed by atoms with Gasteiger partial charge in [0.15, 0.2) is 0 Å². The molecule has 0 amide bonds. The Morgan fingerprint density at radius 1 is 1.39 bits per heavy atom. The highest BCUT2D eigenvalue weighted by Gasteiger charge is 2.25. The van der Waals surface area contributed by atoms with Crippen LogP contribution >= 0.6 is 11.3 Å². The third-order valence-corrected chi connectivity index (χ3v) is 4.69. The highest BCUT2D eigenvalue weighted by molar-refractivity contribution is 7.07. The van der Waals surface area contributed by atoms with Crippen molar-refractivity contribution in [2.75, 3.05) is 20.1 Å². The topological polar surface area (TPSA) is 15.3 Å². The Balaban J connectivity index is 1.82. The second-order valence-corrected chi connectivity index (χ2v) is 6.32. The second kappa shape index (κ2) is 7.27. The molecule has 18 heavy (non-hydrogen) atoms. The zero-order valence-electron chi connectivity index (χ0n) is 11.7. The Hall–Kier alpha value is -0.380. The predicted molar refractivity (Wildman–Crippen MR) is 80.1 cm³/mol. The molecule has 0 spiro atoms. The molecule has 1 aromatic rings. The molecule has 0 saturated heterocycles. The van der Waals surface area contributed by atoms with Crippen molar-refractivity contribution in [1.29, 1.82) is 0 Å². The maximum Gasteiger partial charge on any atom is 0.0239 e. The summed E-state index contributed by atoms with van der Waals surface area (Å²) in [6, 6.07) is 2.98. The predicted octanol–water partition coefficient (Wildman–Crippen LogP) is 3.35. The third-order valence-electron chi connectivity index (χ3n) is 3.95. The quantitative estimate of drug-likeness (QED) is 0.849. The van der Waals surface area contributed by atoms with Crippen LogP contribution in [0.4, 0.5) is 0 Å². The van der Waals surface area contributed by atoms with Gasteiger partial charge in [0, 0.05) is 19.1 Å². The van der Waals surface area contributed by atoms with E-state index in [4.69, 9.17) is 0 Å². The molecule has 1 saturated carbocycles. The van der Waals surface area contributed by atoms with Gasteiger partial charge in [0.25, 0.3) is 0 Å². The fourth-order valence-corrected chi connectivity index (χ4v) is 3.78. The van der Waals surface area contributed by atoms with Gasteiger partial charge < -0.3 is 10.2 Å². The van der Waals surface area contributed by atoms with E-state index in [2.05, 4.69) is 41.0 Å². The van der Waals surface area contributed by atoms with Crippen LogP contribution in [0.2, 0.25) is 0 Å². The summed E-state index contributed by atoms with van der Waals surface area (Å²) in [5.41, 5.74) is 1.46. The summed E-state index contributed by atoms with van der Waals surface area (Å²) in [4.78, 5) is 2.49. The van der Waals surface area contributed by atoms with E-state index in [0.717, 1.165) is 25.0 Å². The second-order valence-electron chi connectivity index (χ2n) is 5.54. The Labute approximate surface area is 115 Å². The summed E-state index contributed by atoms with van der Waals surface area (Å²) in [6.45, 7) is 5.66. The van der Waals surface area contributed by atoms with Gasteiger partial charge in [-0.15, -0.1) is 0 Å². The van der Waals surface area contributed by atoms with E-state index < -0.39 is 0 Å². The molecule has 0 radical (unpaired) electrons. The fraction of sp³-hybridized carbons (Fsp3) is 0.733. The minimum Gasteiger partial charge on any atom is -0.314 e. The summed E-state index contributed by atoms with van der Waals surface area (Å²) in [6.07, 6.45) is 5.58. The van der Waals surface area contributed by atoms with Gasteiger partial charge >= 0.3 is 0 Å². The number of thiophene rings is 1. The molecule has 0 aliphatic heterocycles. The number of nitrogens with one attached hydrogen (secondary N) is 1. The first-order chi connectivity index (χ1) is 8.79. The molecular formula is C15H26N2S. The lowest BCUT2D eigenvalue weighted by Crippen LogP contribution is -2.43. The average Bonchev–Trinajstić information content (AvgIpc) is 2.84. The van der Waals surface area contributed by atoms with Crippen LogP contribution in [0, 0.1) is 5.92 Å². The molecule has 1 fully saturated rings. The first-order valence-corrected chi connectivity index (χ1v) is 8.17. The van der Waals surface area contributed by atoms with E-state index in [1.165, 1.54) is 37.8 Å². The first-order valence-electron chi connectivity index (χ1n) is 7.22. The summed E-state index contributed by atoms with van der Waals surface area (Å²) in [5, 5.41) is 8.11. The molecule has 0 bridgehead atoms. The van der Waals surface area contributed by atoms with Crippen LogP contribution in [0.3, 0.4) is 0 Å². The van der Waals surface area contributed by atoms with Crippen LogP contribution in [0.1, 0.15) is 38.2 Å². The molecular weight excluding hydrogens is 240 g/mol. The van der Waals surface area contributed by atoms with Crippen LogP contribution in [0.15, 0.2) is 16.8 Å². The van der Waals surface area contributed by atoms with Crippen molar-refractivity contribution in [1.82, 2.24) is 10.2 Å². The molecule has 102 valence electrons. The molecule has 1 N–H and O–H groups in total. The summed E-state index contributed by atoms with van der Waals surface area (Å²) >= 11 is 1.80. The van der Waals surface area contributed by atoms with Crippen LogP contribution in [0.25, 0.3) is 0 Å². The number of rotatable bonds is 6. The monoisotopic (exact) mass is 266 g/mol. The van der Waals surface area contributed by atoms with Gasteiger partial charge in [0.2, 0.25) is 0 Å². The lowest BCUT2D eigenvalue weighted by molar-refractivity contribution is 0.186. The number of hydrogen-bond acceptors (Lipinski definition) is 3. The van der Waals surface area contributed by atoms with Crippen molar-refractivity contribution in [3.63, 3.8) is 0 Å². The standard InChI is InChI=1S/C15H26N2S/c1-3-16-15-7-5-4-6-14(15)11-17(2)10-13-8-9-18-12-13/h8-9,12,14-16H,3-7,10-11H2,1-2H3. The van der Waals surface area contributed by atoms with Gasteiger partial charge in [-0.25, -0.2) is 0 Å². The normalized spacial score (nSPS) is 24.6. The van der Waals surface area contributed by atoms with Crippen molar-refractivity contribution in [3.8, 4) is 0 Å². The largest absolute Gasteiger partial charge is 0.314 e. The fourth-order valence-electron chi connectivity index (χ4n) is 3.12. The lowest BCUT2D eigenvalue weighted by Gasteiger charge is -2.34. The van der Waals surface area contributed by atoms with E-state index in [-0.39, 0.29) is 0 Å². The van der Waals surface area contributed by atoms with Crippen molar-refractivity contribution in [3.05, 3.63) is 22.4 Å². The maximum absolute atomic E-state index is 3.67. The van der Waals surface area contributed by atoms with E-state index in [0.29, 0.717) is 0 Å². The van der Waals surface area contributed by atoms with Gasteiger partial charge in [0.05, 0.1) is 0 Å². The zero-order valence-corrected chi connectivity index (χ0v) is 12.5. The van der Waals surface area contributed by atoms with Crippen molar-refractivity contribution < 1.29 is 0 Å². The van der Waals surface area contributed by atoms with E-state index >= 15 is 0 Å². The van der Waals surface area contributed by atoms with Crippen molar-refractivity contribution in [2.24, 2.45) is 5.92 Å². The van der Waals surface area contributed by atoms with Crippen LogP contribution < -0.4 is 5.32 Å². The minimum atomic E-state index is 0.744. The summed E-state index contributed by atoms with van der Waals surface area (Å²) in [7, 11) is 2.26. The van der Waals surface area contributed by atoms with E-state index in [1.807, 2.05) is 0 Å². The molecule has 1 aliphatic rings. The van der Waals surface area contributed by atoms with Crippen molar-refractivity contribution in [2.45, 2.75) is 45.2 Å². The number of nitrogens with zero attached hydrogens (tertiary/aromatic N) is 1. The van der Waals surface area contributed by atoms with E-state index in [1.54, 1.807) is 11.3 Å². The lowest BCUT2D eigenvalue weighted by atomic mass is 9.84. The Morgan fingerprint density at radius 2 is 2.22 bits per heavy atom. The highest BCUT2D eigenvalue weighted by atomic mass is 32.1. The molecule has 0 aromatic carbocycles. The zero-order chi connectivity index (χ0) is 12.8. The maximum atomic E-state index is 3.67. The van der Waals surface area contributed by atoms with Gasteiger partial charge in [-0.2, -0.15) is 11.3 Å².